The largest absolute Gasteiger partial charge is 0.401 e. The van der Waals surface area contributed by atoms with Gasteiger partial charge >= 0.3 is 6.18 Å². The fourth-order valence-corrected chi connectivity index (χ4v) is 1.59. The Hall–Kier alpha value is -1.08. The summed E-state index contributed by atoms with van der Waals surface area (Å²) in [6, 6.07) is 0. The minimum atomic E-state index is -4.27. The van der Waals surface area contributed by atoms with E-state index < -0.39 is 12.7 Å². The Morgan fingerprint density at radius 2 is 2.18 bits per heavy atom. The Labute approximate surface area is 97.7 Å². The molecule has 1 heterocycles. The summed E-state index contributed by atoms with van der Waals surface area (Å²) in [5, 5.41) is 8.75. The van der Waals surface area contributed by atoms with Gasteiger partial charge in [-0.1, -0.05) is 0 Å². The standard InChI is InChI=1S/C10H16F3N3O/c1-2-16-4-3-14-9(16)7-15(5-6-17)8-10(11,12)13/h3-4,17H,2,5-8H2,1H3. The molecule has 0 aliphatic heterocycles. The highest BCUT2D eigenvalue weighted by Gasteiger charge is 2.30. The molecule has 0 saturated heterocycles. The molecular weight excluding hydrogens is 235 g/mol. The van der Waals surface area contributed by atoms with E-state index in [1.165, 1.54) is 0 Å². The Kier molecular flexibility index (Phi) is 4.95. The minimum Gasteiger partial charge on any atom is -0.395 e. The second-order valence-electron chi connectivity index (χ2n) is 3.68. The molecular formula is C10H16F3N3O. The average molecular weight is 251 g/mol. The number of nitrogens with zero attached hydrogens (tertiary/aromatic N) is 3. The van der Waals surface area contributed by atoms with Gasteiger partial charge in [-0.15, -0.1) is 0 Å². The maximum absolute atomic E-state index is 12.3. The zero-order valence-electron chi connectivity index (χ0n) is 9.61. The van der Waals surface area contributed by atoms with Crippen LogP contribution in [-0.2, 0) is 13.1 Å². The van der Waals surface area contributed by atoms with Crippen molar-refractivity contribution in [3.05, 3.63) is 18.2 Å². The van der Waals surface area contributed by atoms with Crippen LogP contribution in [0.5, 0.6) is 0 Å². The van der Waals surface area contributed by atoms with Crippen LogP contribution in [0.25, 0.3) is 0 Å². The van der Waals surface area contributed by atoms with Crippen LogP contribution in [0, 0.1) is 0 Å². The van der Waals surface area contributed by atoms with E-state index in [0.29, 0.717) is 12.4 Å². The maximum Gasteiger partial charge on any atom is 0.401 e. The third kappa shape index (κ3) is 4.74. The Bertz CT molecular complexity index is 338. The van der Waals surface area contributed by atoms with Crippen LogP contribution in [0.3, 0.4) is 0 Å². The third-order valence-corrected chi connectivity index (χ3v) is 2.33. The molecule has 4 nitrogen and oxygen atoms in total. The van der Waals surface area contributed by atoms with Gasteiger partial charge in [0.15, 0.2) is 0 Å². The van der Waals surface area contributed by atoms with E-state index in [0.717, 1.165) is 4.90 Å². The highest BCUT2D eigenvalue weighted by Crippen LogP contribution is 2.17. The van der Waals surface area contributed by atoms with Crippen LogP contribution >= 0.6 is 0 Å². The number of aryl methyl sites for hydroxylation is 1. The summed E-state index contributed by atoms with van der Waals surface area (Å²) in [7, 11) is 0. The fraction of sp³-hybridized carbons (Fsp3) is 0.700. The molecule has 0 atom stereocenters. The molecule has 1 N–H and O–H groups in total. The number of aromatic nitrogens is 2. The van der Waals surface area contributed by atoms with E-state index in [-0.39, 0.29) is 19.7 Å². The average Bonchev–Trinajstić information content (AvgIpc) is 2.63. The van der Waals surface area contributed by atoms with Gasteiger partial charge in [0.2, 0.25) is 0 Å². The lowest BCUT2D eigenvalue weighted by molar-refractivity contribution is -0.148. The number of aliphatic hydroxyl groups excluding tert-OH is 1. The molecule has 0 aliphatic carbocycles. The van der Waals surface area contributed by atoms with Crippen molar-refractivity contribution in [3.63, 3.8) is 0 Å². The summed E-state index contributed by atoms with van der Waals surface area (Å²) in [6.45, 7) is 1.28. The van der Waals surface area contributed by atoms with Gasteiger partial charge in [0.05, 0.1) is 19.7 Å². The normalized spacial score (nSPS) is 12.4. The second-order valence-corrected chi connectivity index (χ2v) is 3.68. The molecule has 7 heteroatoms. The topological polar surface area (TPSA) is 41.3 Å². The Balaban J connectivity index is 2.66. The van der Waals surface area contributed by atoms with Gasteiger partial charge in [-0.2, -0.15) is 13.2 Å². The minimum absolute atomic E-state index is 0.0178. The molecule has 0 radical (unpaired) electrons. The molecule has 0 bridgehead atoms. The first-order chi connectivity index (χ1) is 7.96. The van der Waals surface area contributed by atoms with E-state index in [2.05, 4.69) is 4.98 Å². The predicted molar refractivity (Wildman–Crippen MR) is 56.3 cm³/mol. The highest BCUT2D eigenvalue weighted by atomic mass is 19.4. The van der Waals surface area contributed by atoms with Crippen LogP contribution in [0.4, 0.5) is 13.2 Å². The van der Waals surface area contributed by atoms with Crippen molar-refractivity contribution in [1.82, 2.24) is 14.5 Å². The molecule has 0 unspecified atom stereocenters. The van der Waals surface area contributed by atoms with Gasteiger partial charge in [0, 0.05) is 25.5 Å². The molecule has 98 valence electrons. The van der Waals surface area contributed by atoms with Crippen LogP contribution < -0.4 is 0 Å². The zero-order chi connectivity index (χ0) is 12.9. The number of aliphatic hydroxyl groups is 1. The van der Waals surface area contributed by atoms with Gasteiger partial charge in [-0.25, -0.2) is 4.98 Å². The summed E-state index contributed by atoms with van der Waals surface area (Å²) < 4.78 is 38.6. The Morgan fingerprint density at radius 3 is 2.71 bits per heavy atom. The van der Waals surface area contributed by atoms with Crippen LogP contribution in [0.2, 0.25) is 0 Å². The molecule has 0 amide bonds. The van der Waals surface area contributed by atoms with Crippen LogP contribution in [-0.4, -0.2) is 45.4 Å². The van der Waals surface area contributed by atoms with E-state index in [4.69, 9.17) is 5.11 Å². The number of hydrogen-bond donors (Lipinski definition) is 1. The first-order valence-electron chi connectivity index (χ1n) is 5.36. The maximum atomic E-state index is 12.3. The highest BCUT2D eigenvalue weighted by molar-refractivity contribution is 4.92. The van der Waals surface area contributed by atoms with Crippen molar-refractivity contribution in [2.75, 3.05) is 19.7 Å². The first-order valence-corrected chi connectivity index (χ1v) is 5.36. The van der Waals surface area contributed by atoms with E-state index in [9.17, 15) is 13.2 Å². The predicted octanol–water partition coefficient (Wildman–Crippen LogP) is 1.26. The van der Waals surface area contributed by atoms with Crippen molar-refractivity contribution in [1.29, 1.82) is 0 Å². The third-order valence-electron chi connectivity index (χ3n) is 2.33. The lowest BCUT2D eigenvalue weighted by Crippen LogP contribution is -2.36. The quantitative estimate of drug-likeness (QED) is 0.827. The summed E-state index contributed by atoms with van der Waals surface area (Å²) >= 11 is 0. The van der Waals surface area contributed by atoms with Gasteiger partial charge in [0.25, 0.3) is 0 Å². The first kappa shape index (κ1) is 14.0. The lowest BCUT2D eigenvalue weighted by Gasteiger charge is -2.22. The van der Waals surface area contributed by atoms with Crippen molar-refractivity contribution in [2.45, 2.75) is 26.2 Å². The molecule has 17 heavy (non-hydrogen) atoms. The van der Waals surface area contributed by atoms with Crippen molar-refractivity contribution in [2.24, 2.45) is 0 Å². The van der Waals surface area contributed by atoms with Gasteiger partial charge in [0.1, 0.15) is 5.82 Å². The zero-order valence-corrected chi connectivity index (χ0v) is 9.61. The molecule has 0 saturated carbocycles. The molecule has 0 fully saturated rings. The number of alkyl halides is 3. The van der Waals surface area contributed by atoms with E-state index >= 15 is 0 Å². The van der Waals surface area contributed by atoms with Crippen molar-refractivity contribution < 1.29 is 18.3 Å². The van der Waals surface area contributed by atoms with Gasteiger partial charge in [-0.05, 0) is 6.92 Å². The Morgan fingerprint density at radius 1 is 1.47 bits per heavy atom. The molecule has 1 rings (SSSR count). The molecule has 1 aromatic rings. The SMILES string of the molecule is CCn1ccnc1CN(CCO)CC(F)(F)F. The smallest absolute Gasteiger partial charge is 0.395 e. The number of imidazole rings is 1. The lowest BCUT2D eigenvalue weighted by atomic mass is 10.4. The summed E-state index contributed by atoms with van der Waals surface area (Å²) in [4.78, 5) is 5.14. The molecule has 0 spiro atoms. The summed E-state index contributed by atoms with van der Waals surface area (Å²) in [6.07, 6.45) is -0.984. The monoisotopic (exact) mass is 251 g/mol. The fourth-order valence-electron chi connectivity index (χ4n) is 1.59. The molecule has 1 aromatic heterocycles. The van der Waals surface area contributed by atoms with Crippen LogP contribution in [0.15, 0.2) is 12.4 Å². The number of halogens is 3. The molecule has 0 aromatic carbocycles. The van der Waals surface area contributed by atoms with Crippen LogP contribution in [0.1, 0.15) is 12.7 Å². The van der Waals surface area contributed by atoms with Gasteiger partial charge < -0.3 is 9.67 Å². The van der Waals surface area contributed by atoms with Crippen molar-refractivity contribution in [3.8, 4) is 0 Å². The molecule has 0 aliphatic rings. The van der Waals surface area contributed by atoms with Crippen molar-refractivity contribution >= 4 is 0 Å². The second kappa shape index (κ2) is 6.02. The number of rotatable bonds is 6. The summed E-state index contributed by atoms with van der Waals surface area (Å²) in [5.74, 6) is 0.574. The van der Waals surface area contributed by atoms with E-state index in [1.807, 2.05) is 6.92 Å². The van der Waals surface area contributed by atoms with Gasteiger partial charge in [-0.3, -0.25) is 4.90 Å². The summed E-state index contributed by atoms with van der Waals surface area (Å²) in [5.41, 5.74) is 0. The number of hydrogen-bond acceptors (Lipinski definition) is 3. The van der Waals surface area contributed by atoms with E-state index in [1.54, 1.807) is 17.0 Å².